The molecule has 0 aliphatic carbocycles. The predicted octanol–water partition coefficient (Wildman–Crippen LogP) is 1.65. The molecule has 1 fully saturated rings. The topological polar surface area (TPSA) is 58.4 Å². The van der Waals surface area contributed by atoms with Crippen LogP contribution in [0.5, 0.6) is 0 Å². The average molecular weight is 261 g/mol. The first-order valence-corrected chi connectivity index (χ1v) is 6.83. The Labute approximate surface area is 115 Å². The van der Waals surface area contributed by atoms with E-state index in [2.05, 4.69) is 24.2 Å². The molecule has 0 aromatic heterocycles. The molecule has 2 unspecified atom stereocenters. The molecule has 2 rings (SSSR count). The molecular weight excluding hydrogens is 238 g/mol. The van der Waals surface area contributed by atoms with E-state index in [1.165, 1.54) is 0 Å². The predicted molar refractivity (Wildman–Crippen MR) is 78.1 cm³/mol. The van der Waals surface area contributed by atoms with Crippen molar-refractivity contribution >= 4 is 11.6 Å². The Morgan fingerprint density at radius 2 is 2.21 bits per heavy atom. The number of anilines is 1. The van der Waals surface area contributed by atoms with Gasteiger partial charge in [-0.3, -0.25) is 4.79 Å². The summed E-state index contributed by atoms with van der Waals surface area (Å²) in [5, 5.41) is 3.13. The summed E-state index contributed by atoms with van der Waals surface area (Å²) in [5.74, 6) is 0.457. The van der Waals surface area contributed by atoms with Crippen LogP contribution in [-0.2, 0) is 0 Å². The minimum Gasteiger partial charge on any atom is -0.398 e. The molecule has 2 atom stereocenters. The van der Waals surface area contributed by atoms with Crippen LogP contribution in [0.2, 0.25) is 0 Å². The lowest BCUT2D eigenvalue weighted by molar-refractivity contribution is 0.0884. The van der Waals surface area contributed by atoms with Gasteiger partial charge in [0.2, 0.25) is 0 Å². The maximum Gasteiger partial charge on any atom is 0.251 e. The van der Waals surface area contributed by atoms with E-state index in [4.69, 9.17) is 5.73 Å². The fourth-order valence-electron chi connectivity index (χ4n) is 2.60. The second-order valence-electron chi connectivity index (χ2n) is 5.68. The zero-order chi connectivity index (χ0) is 14.0. The lowest BCUT2D eigenvalue weighted by atomic mass is 9.94. The summed E-state index contributed by atoms with van der Waals surface area (Å²) in [6.45, 7) is 6.19. The van der Waals surface area contributed by atoms with Gasteiger partial charge in [-0.1, -0.05) is 13.0 Å². The Morgan fingerprint density at radius 3 is 2.84 bits per heavy atom. The number of nitrogens with two attached hydrogens (primary N) is 1. The van der Waals surface area contributed by atoms with Crippen LogP contribution < -0.4 is 11.1 Å². The number of carbonyl (C=O) groups is 1. The van der Waals surface area contributed by atoms with Crippen molar-refractivity contribution in [2.75, 3.05) is 25.9 Å². The highest BCUT2D eigenvalue weighted by Gasteiger charge is 2.25. The van der Waals surface area contributed by atoms with Crippen molar-refractivity contribution in [2.45, 2.75) is 26.3 Å². The lowest BCUT2D eigenvalue weighted by Gasteiger charge is -2.35. The summed E-state index contributed by atoms with van der Waals surface area (Å²) in [6, 6.07) is 5.74. The van der Waals surface area contributed by atoms with Crippen LogP contribution in [0.3, 0.4) is 0 Å². The van der Waals surface area contributed by atoms with Gasteiger partial charge in [0.25, 0.3) is 5.91 Å². The van der Waals surface area contributed by atoms with Crippen molar-refractivity contribution in [1.29, 1.82) is 0 Å². The largest absolute Gasteiger partial charge is 0.398 e. The highest BCUT2D eigenvalue weighted by Crippen LogP contribution is 2.17. The van der Waals surface area contributed by atoms with Crippen molar-refractivity contribution in [3.05, 3.63) is 29.3 Å². The Morgan fingerprint density at radius 1 is 1.47 bits per heavy atom. The van der Waals surface area contributed by atoms with Gasteiger partial charge >= 0.3 is 0 Å². The normalized spacial score (nSPS) is 24.2. The number of hydrogen-bond donors (Lipinski definition) is 2. The summed E-state index contributed by atoms with van der Waals surface area (Å²) in [6.07, 6.45) is 1.00. The first-order valence-electron chi connectivity index (χ1n) is 6.83. The number of rotatable bonds is 2. The molecule has 1 aromatic rings. The fourth-order valence-corrected chi connectivity index (χ4v) is 2.60. The number of likely N-dealkylation sites (tertiary alicyclic amines) is 1. The maximum atomic E-state index is 12.2. The molecule has 1 heterocycles. The van der Waals surface area contributed by atoms with Gasteiger partial charge < -0.3 is 16.0 Å². The number of carbonyl (C=O) groups excluding carboxylic acids is 1. The van der Waals surface area contributed by atoms with E-state index in [9.17, 15) is 4.79 Å². The zero-order valence-corrected chi connectivity index (χ0v) is 11.9. The molecule has 1 saturated heterocycles. The van der Waals surface area contributed by atoms with Crippen molar-refractivity contribution in [3.8, 4) is 0 Å². The third-order valence-electron chi connectivity index (χ3n) is 3.97. The molecule has 3 N–H and O–H groups in total. The van der Waals surface area contributed by atoms with Crippen LogP contribution in [0.25, 0.3) is 0 Å². The molecule has 0 saturated carbocycles. The van der Waals surface area contributed by atoms with Crippen LogP contribution >= 0.6 is 0 Å². The first-order chi connectivity index (χ1) is 8.97. The Balaban J connectivity index is 2.02. The van der Waals surface area contributed by atoms with E-state index in [0.29, 0.717) is 17.2 Å². The third-order valence-corrected chi connectivity index (χ3v) is 3.97. The van der Waals surface area contributed by atoms with Crippen molar-refractivity contribution in [3.63, 3.8) is 0 Å². The summed E-state index contributed by atoms with van der Waals surface area (Å²) in [7, 11) is 2.12. The summed E-state index contributed by atoms with van der Waals surface area (Å²) < 4.78 is 0. The van der Waals surface area contributed by atoms with E-state index in [0.717, 1.165) is 25.1 Å². The molecule has 1 aliphatic rings. The molecule has 0 bridgehead atoms. The SMILES string of the molecule is Cc1ccc(C(=O)NC2CCN(C)CC2C)cc1N. The van der Waals surface area contributed by atoms with E-state index in [1.54, 1.807) is 6.07 Å². The molecule has 1 aromatic carbocycles. The highest BCUT2D eigenvalue weighted by atomic mass is 16.1. The maximum absolute atomic E-state index is 12.2. The number of amides is 1. The van der Waals surface area contributed by atoms with Gasteiger partial charge in [0, 0.05) is 23.8 Å². The third kappa shape index (κ3) is 3.26. The Kier molecular flexibility index (Phi) is 4.10. The summed E-state index contributed by atoms with van der Waals surface area (Å²) in [5.41, 5.74) is 8.17. The number of aryl methyl sites for hydroxylation is 1. The van der Waals surface area contributed by atoms with Gasteiger partial charge in [0.05, 0.1) is 0 Å². The highest BCUT2D eigenvalue weighted by molar-refractivity contribution is 5.95. The van der Waals surface area contributed by atoms with Gasteiger partial charge in [0.15, 0.2) is 0 Å². The lowest BCUT2D eigenvalue weighted by Crippen LogP contribution is -2.48. The molecule has 0 radical (unpaired) electrons. The van der Waals surface area contributed by atoms with Crippen LogP contribution in [0.4, 0.5) is 5.69 Å². The summed E-state index contributed by atoms with van der Waals surface area (Å²) in [4.78, 5) is 14.5. The second kappa shape index (κ2) is 5.61. The van der Waals surface area contributed by atoms with E-state index in [1.807, 2.05) is 19.1 Å². The van der Waals surface area contributed by atoms with Crippen LogP contribution in [-0.4, -0.2) is 37.0 Å². The fraction of sp³-hybridized carbons (Fsp3) is 0.533. The molecule has 0 spiro atoms. The van der Waals surface area contributed by atoms with Gasteiger partial charge in [-0.05, 0) is 50.6 Å². The van der Waals surface area contributed by atoms with E-state index < -0.39 is 0 Å². The van der Waals surface area contributed by atoms with Crippen LogP contribution in [0, 0.1) is 12.8 Å². The van der Waals surface area contributed by atoms with Gasteiger partial charge in [-0.2, -0.15) is 0 Å². The van der Waals surface area contributed by atoms with Crippen molar-refractivity contribution in [1.82, 2.24) is 10.2 Å². The van der Waals surface area contributed by atoms with Gasteiger partial charge in [-0.15, -0.1) is 0 Å². The Bertz CT molecular complexity index is 472. The average Bonchev–Trinajstić information content (AvgIpc) is 2.36. The molecular formula is C15H23N3O. The van der Waals surface area contributed by atoms with Crippen molar-refractivity contribution < 1.29 is 4.79 Å². The number of benzene rings is 1. The number of hydrogen-bond acceptors (Lipinski definition) is 3. The standard InChI is InChI=1S/C15H23N3O/c1-10-4-5-12(8-13(10)16)15(19)17-14-6-7-18(3)9-11(14)2/h4-5,8,11,14H,6-7,9,16H2,1-3H3,(H,17,19). The molecule has 104 valence electrons. The zero-order valence-electron chi connectivity index (χ0n) is 11.9. The molecule has 4 heteroatoms. The molecule has 4 nitrogen and oxygen atoms in total. The molecule has 19 heavy (non-hydrogen) atoms. The number of piperidine rings is 1. The van der Waals surface area contributed by atoms with Gasteiger partial charge in [0.1, 0.15) is 0 Å². The van der Waals surface area contributed by atoms with E-state index in [-0.39, 0.29) is 11.9 Å². The molecule has 1 aliphatic heterocycles. The Hall–Kier alpha value is -1.55. The quantitative estimate of drug-likeness (QED) is 0.796. The molecule has 1 amide bonds. The minimum atomic E-state index is -0.0203. The van der Waals surface area contributed by atoms with Crippen LogP contribution in [0.1, 0.15) is 29.3 Å². The number of nitrogens with one attached hydrogen (secondary N) is 1. The smallest absolute Gasteiger partial charge is 0.251 e. The van der Waals surface area contributed by atoms with Crippen LogP contribution in [0.15, 0.2) is 18.2 Å². The van der Waals surface area contributed by atoms with E-state index >= 15 is 0 Å². The minimum absolute atomic E-state index is 0.0203. The van der Waals surface area contributed by atoms with Gasteiger partial charge in [-0.25, -0.2) is 0 Å². The monoisotopic (exact) mass is 261 g/mol. The number of nitrogens with zero attached hydrogens (tertiary/aromatic N) is 1. The van der Waals surface area contributed by atoms with Crippen molar-refractivity contribution in [2.24, 2.45) is 5.92 Å². The number of nitrogen functional groups attached to an aromatic ring is 1. The first kappa shape index (κ1) is 13.9. The summed E-state index contributed by atoms with van der Waals surface area (Å²) >= 11 is 0. The second-order valence-corrected chi connectivity index (χ2v) is 5.68.